The molecule has 0 atom stereocenters. The first kappa shape index (κ1) is 13.1. The molecule has 0 N–H and O–H groups in total. The molecule has 5 nitrogen and oxygen atoms in total. The van der Waals surface area contributed by atoms with E-state index in [9.17, 15) is 4.79 Å². The summed E-state index contributed by atoms with van der Waals surface area (Å²) in [4.78, 5) is 14.9. The van der Waals surface area contributed by atoms with Gasteiger partial charge in [-0.3, -0.25) is 14.4 Å². The summed E-state index contributed by atoms with van der Waals surface area (Å²) < 4.78 is 6.86. The number of ketones is 1. The van der Waals surface area contributed by atoms with E-state index in [-0.39, 0.29) is 11.3 Å². The molecule has 1 heterocycles. The van der Waals surface area contributed by atoms with E-state index < -0.39 is 0 Å². The predicted molar refractivity (Wildman–Crippen MR) is 69.0 cm³/mol. The van der Waals surface area contributed by atoms with Crippen LogP contribution in [0.25, 0.3) is 0 Å². The number of rotatable bonds is 4. The number of hydrogen-bond donors (Lipinski definition) is 0. The monoisotopic (exact) mass is 251 g/mol. The van der Waals surface area contributed by atoms with Gasteiger partial charge in [0.25, 0.3) is 0 Å². The van der Waals surface area contributed by atoms with Crippen molar-refractivity contribution in [3.63, 3.8) is 0 Å². The lowest BCUT2D eigenvalue weighted by molar-refractivity contribution is 0.0679. The van der Waals surface area contributed by atoms with Crippen molar-refractivity contribution in [3.8, 4) is 5.75 Å². The molecule has 0 aromatic carbocycles. The van der Waals surface area contributed by atoms with E-state index in [1.54, 1.807) is 25.0 Å². The van der Waals surface area contributed by atoms with E-state index in [2.05, 4.69) is 10.00 Å². The van der Waals surface area contributed by atoms with Gasteiger partial charge < -0.3 is 4.74 Å². The Kier molecular flexibility index (Phi) is 3.43. The van der Waals surface area contributed by atoms with Gasteiger partial charge in [0, 0.05) is 7.05 Å². The molecule has 0 unspecified atom stereocenters. The van der Waals surface area contributed by atoms with Crippen LogP contribution in [0.5, 0.6) is 5.75 Å². The van der Waals surface area contributed by atoms with E-state index in [4.69, 9.17) is 4.74 Å². The smallest absolute Gasteiger partial charge is 0.204 e. The topological polar surface area (TPSA) is 47.4 Å². The van der Waals surface area contributed by atoms with Gasteiger partial charge in [0.05, 0.1) is 18.8 Å². The number of aromatic nitrogens is 2. The minimum absolute atomic E-state index is 0.127. The minimum Gasteiger partial charge on any atom is -0.493 e. The molecule has 0 radical (unpaired) electrons. The van der Waals surface area contributed by atoms with Gasteiger partial charge in [-0.2, -0.15) is 5.10 Å². The second kappa shape index (κ2) is 4.72. The lowest BCUT2D eigenvalue weighted by Crippen LogP contribution is -2.49. The summed E-state index contributed by atoms with van der Waals surface area (Å²) >= 11 is 0. The first-order valence-corrected chi connectivity index (χ1v) is 6.31. The van der Waals surface area contributed by atoms with Crippen LogP contribution in [0.1, 0.15) is 36.2 Å². The maximum absolute atomic E-state index is 12.9. The molecule has 0 bridgehead atoms. The molecular formula is C13H21N3O2. The second-order valence-electron chi connectivity index (χ2n) is 5.15. The van der Waals surface area contributed by atoms with Crippen LogP contribution in [0.15, 0.2) is 6.20 Å². The molecule has 1 aliphatic carbocycles. The summed E-state index contributed by atoms with van der Waals surface area (Å²) in [7, 11) is 7.32. The summed E-state index contributed by atoms with van der Waals surface area (Å²) in [6.45, 7) is 0. The Bertz CT molecular complexity index is 445. The van der Waals surface area contributed by atoms with Crippen LogP contribution in [-0.2, 0) is 7.05 Å². The number of likely N-dealkylation sites (N-methyl/N-ethyl adjacent to an activating group) is 1. The van der Waals surface area contributed by atoms with Gasteiger partial charge in [0.2, 0.25) is 5.78 Å². The molecule has 2 rings (SSSR count). The summed E-state index contributed by atoms with van der Waals surface area (Å²) in [6.07, 6.45) is 5.63. The fourth-order valence-corrected chi connectivity index (χ4v) is 2.88. The van der Waals surface area contributed by atoms with Crippen LogP contribution in [0.2, 0.25) is 0 Å². The first-order chi connectivity index (χ1) is 8.53. The maximum atomic E-state index is 12.9. The third-order valence-corrected chi connectivity index (χ3v) is 4.05. The molecule has 0 saturated heterocycles. The van der Waals surface area contributed by atoms with Gasteiger partial charge in [-0.15, -0.1) is 0 Å². The molecule has 5 heteroatoms. The van der Waals surface area contributed by atoms with Crippen molar-refractivity contribution >= 4 is 5.78 Å². The first-order valence-electron chi connectivity index (χ1n) is 6.31. The standard InChI is InChI=1S/C13H21N3O2/c1-15(2)13(7-5-6-8-13)12(17)11-10(18-4)9-14-16(11)3/h9H,5-8H2,1-4H3. The van der Waals surface area contributed by atoms with Gasteiger partial charge in [0.15, 0.2) is 5.75 Å². The lowest BCUT2D eigenvalue weighted by atomic mass is 9.88. The van der Waals surface area contributed by atoms with Crippen molar-refractivity contribution in [2.24, 2.45) is 7.05 Å². The number of ether oxygens (including phenoxy) is 1. The highest BCUT2D eigenvalue weighted by Gasteiger charge is 2.45. The summed E-state index contributed by atoms with van der Waals surface area (Å²) in [6, 6.07) is 0. The Morgan fingerprint density at radius 1 is 1.44 bits per heavy atom. The van der Waals surface area contributed by atoms with Crippen LogP contribution < -0.4 is 4.74 Å². The molecule has 1 aliphatic rings. The van der Waals surface area contributed by atoms with Gasteiger partial charge in [-0.05, 0) is 26.9 Å². The Morgan fingerprint density at radius 2 is 2.06 bits per heavy atom. The number of carbonyl (C=O) groups excluding carboxylic acids is 1. The van der Waals surface area contributed by atoms with Crippen molar-refractivity contribution in [2.45, 2.75) is 31.2 Å². The zero-order valence-electron chi connectivity index (χ0n) is 11.6. The number of carbonyl (C=O) groups is 1. The Balaban J connectivity index is 2.43. The van der Waals surface area contributed by atoms with Crippen molar-refractivity contribution in [2.75, 3.05) is 21.2 Å². The highest BCUT2D eigenvalue weighted by atomic mass is 16.5. The predicted octanol–water partition coefficient (Wildman–Crippen LogP) is 1.49. The molecule has 1 aromatic rings. The van der Waals surface area contributed by atoms with Crippen LogP contribution in [0.3, 0.4) is 0 Å². The van der Waals surface area contributed by atoms with Crippen LogP contribution >= 0.6 is 0 Å². The van der Waals surface area contributed by atoms with E-state index in [0.717, 1.165) is 25.7 Å². The van der Waals surface area contributed by atoms with Crippen molar-refractivity contribution in [3.05, 3.63) is 11.9 Å². The Morgan fingerprint density at radius 3 is 2.56 bits per heavy atom. The minimum atomic E-state index is -0.388. The third-order valence-electron chi connectivity index (χ3n) is 4.05. The highest BCUT2D eigenvalue weighted by Crippen LogP contribution is 2.38. The van der Waals surface area contributed by atoms with Gasteiger partial charge >= 0.3 is 0 Å². The van der Waals surface area contributed by atoms with E-state index in [1.165, 1.54) is 0 Å². The van der Waals surface area contributed by atoms with Crippen LogP contribution in [0.4, 0.5) is 0 Å². The van der Waals surface area contributed by atoms with E-state index in [0.29, 0.717) is 11.4 Å². The fraction of sp³-hybridized carbons (Fsp3) is 0.692. The molecular weight excluding hydrogens is 230 g/mol. The SMILES string of the molecule is COc1cnn(C)c1C(=O)C1(N(C)C)CCCC1. The quantitative estimate of drug-likeness (QED) is 0.761. The van der Waals surface area contributed by atoms with Crippen LogP contribution in [0, 0.1) is 0 Å². The van der Waals surface area contributed by atoms with Gasteiger partial charge in [-0.1, -0.05) is 12.8 Å². The number of methoxy groups -OCH3 is 1. The van der Waals surface area contributed by atoms with Crippen molar-refractivity contribution in [1.29, 1.82) is 0 Å². The molecule has 1 saturated carbocycles. The fourth-order valence-electron chi connectivity index (χ4n) is 2.88. The Labute approximate surface area is 108 Å². The summed E-state index contributed by atoms with van der Waals surface area (Å²) in [5, 5.41) is 4.12. The van der Waals surface area contributed by atoms with Crippen molar-refractivity contribution in [1.82, 2.24) is 14.7 Å². The molecule has 0 aliphatic heterocycles. The number of hydrogen-bond acceptors (Lipinski definition) is 4. The molecule has 18 heavy (non-hydrogen) atoms. The molecule has 0 spiro atoms. The third kappa shape index (κ3) is 1.82. The molecule has 100 valence electrons. The van der Waals surface area contributed by atoms with Gasteiger partial charge in [0.1, 0.15) is 5.69 Å². The number of aryl methyl sites for hydroxylation is 1. The highest BCUT2D eigenvalue weighted by molar-refractivity contribution is 6.04. The van der Waals surface area contributed by atoms with Crippen LogP contribution in [-0.4, -0.2) is 47.2 Å². The normalized spacial score (nSPS) is 18.3. The zero-order chi connectivity index (χ0) is 13.3. The average molecular weight is 251 g/mol. The summed E-state index contributed by atoms with van der Waals surface area (Å²) in [5.41, 5.74) is 0.189. The average Bonchev–Trinajstić information content (AvgIpc) is 2.95. The molecule has 1 aromatic heterocycles. The number of Topliss-reactive ketones (excluding diaryl/α,β-unsaturated/α-hetero) is 1. The van der Waals surface area contributed by atoms with E-state index >= 15 is 0 Å². The van der Waals surface area contributed by atoms with Gasteiger partial charge in [-0.25, -0.2) is 0 Å². The summed E-state index contributed by atoms with van der Waals surface area (Å²) in [5.74, 6) is 0.692. The maximum Gasteiger partial charge on any atom is 0.204 e. The zero-order valence-corrected chi connectivity index (χ0v) is 11.6. The largest absolute Gasteiger partial charge is 0.493 e. The second-order valence-corrected chi connectivity index (χ2v) is 5.15. The number of nitrogens with zero attached hydrogens (tertiary/aromatic N) is 3. The Hall–Kier alpha value is -1.36. The molecule has 0 amide bonds. The van der Waals surface area contributed by atoms with Crippen molar-refractivity contribution < 1.29 is 9.53 Å². The molecule has 1 fully saturated rings. The van der Waals surface area contributed by atoms with E-state index in [1.807, 2.05) is 14.1 Å². The lowest BCUT2D eigenvalue weighted by Gasteiger charge is -2.34.